The van der Waals surface area contributed by atoms with E-state index in [4.69, 9.17) is 31.2 Å². The fourth-order valence-electron chi connectivity index (χ4n) is 3.84. The Kier molecular flexibility index (Phi) is 17.8. The highest BCUT2D eigenvalue weighted by molar-refractivity contribution is 6.85. The van der Waals surface area contributed by atoms with Crippen LogP contribution in [0.5, 0.6) is 0 Å². The molecule has 0 aromatic carbocycles. The van der Waals surface area contributed by atoms with E-state index < -0.39 is 33.3 Å². The summed E-state index contributed by atoms with van der Waals surface area (Å²) in [5.74, 6) is 0. The molecular formula is C20H56N4O2Si4. The summed E-state index contributed by atoms with van der Waals surface area (Å²) in [6.07, 6.45) is 4.38. The lowest BCUT2D eigenvalue weighted by atomic mass is 10.5. The number of hydrogen-bond acceptors (Lipinski definition) is 6. The Bertz CT molecular complexity index is 365. The molecule has 0 saturated heterocycles. The van der Waals surface area contributed by atoms with Crippen LogP contribution in [0.15, 0.2) is 0 Å². The average molecular weight is 497 g/mol. The lowest BCUT2D eigenvalue weighted by Gasteiger charge is -2.34. The second-order valence-electron chi connectivity index (χ2n) is 10.9. The first-order chi connectivity index (χ1) is 13.7. The van der Waals surface area contributed by atoms with Crippen molar-refractivity contribution in [1.29, 1.82) is 0 Å². The molecule has 0 radical (unpaired) electrons. The van der Waals surface area contributed by atoms with Crippen molar-refractivity contribution >= 4 is 33.3 Å². The quantitative estimate of drug-likeness (QED) is 0.237. The van der Waals surface area contributed by atoms with Gasteiger partial charge in [0.2, 0.25) is 0 Å². The molecule has 0 heterocycles. The highest BCUT2D eigenvalue weighted by Gasteiger charge is 2.33. The fraction of sp³-hybridized carbons (Fsp3) is 1.00. The second kappa shape index (κ2) is 16.3. The first kappa shape index (κ1) is 32.8. The maximum Gasteiger partial charge on any atom is 0.176 e. The predicted octanol–water partition coefficient (Wildman–Crippen LogP) is 4.22. The topological polar surface area (TPSA) is 123 Å². The molecular weight excluding hydrogens is 441 g/mol. The molecule has 0 aromatic rings. The van der Waals surface area contributed by atoms with Gasteiger partial charge in [0.1, 0.15) is 0 Å². The summed E-state index contributed by atoms with van der Waals surface area (Å²) in [6, 6.07) is 4.75. The molecule has 0 spiro atoms. The van der Waals surface area contributed by atoms with Crippen molar-refractivity contribution < 1.29 is 8.23 Å². The standard InChI is InChI=1S/2C10H28N2OSi2/c2*1-14(2,3)13-15(4,9-5-7-11)10-6-8-12/h2*5-12H2,1-4H3. The SMILES string of the molecule is C[Si](C)(C)O[Si](C)(CCCN)CCCN.C[Si](C)(C)O[Si](C)(CCCN)CCCN. The third-order valence-electron chi connectivity index (χ3n) is 4.74. The van der Waals surface area contributed by atoms with E-state index in [0.29, 0.717) is 0 Å². The van der Waals surface area contributed by atoms with Gasteiger partial charge in [0.15, 0.2) is 33.3 Å². The van der Waals surface area contributed by atoms with E-state index in [2.05, 4.69) is 52.4 Å². The van der Waals surface area contributed by atoms with Gasteiger partial charge >= 0.3 is 0 Å². The van der Waals surface area contributed by atoms with Gasteiger partial charge in [-0.1, -0.05) is 0 Å². The van der Waals surface area contributed by atoms with E-state index in [1.807, 2.05) is 0 Å². The van der Waals surface area contributed by atoms with Gasteiger partial charge in [-0.05, 0) is 128 Å². The Labute approximate surface area is 192 Å². The molecule has 0 fully saturated rings. The molecule has 8 N–H and O–H groups in total. The Morgan fingerprint density at radius 1 is 0.433 bits per heavy atom. The van der Waals surface area contributed by atoms with Crippen LogP contribution in [-0.4, -0.2) is 59.4 Å². The van der Waals surface area contributed by atoms with Crippen molar-refractivity contribution in [2.24, 2.45) is 22.9 Å². The normalized spacial score (nSPS) is 13.2. The van der Waals surface area contributed by atoms with Gasteiger partial charge < -0.3 is 31.2 Å². The molecule has 0 atom stereocenters. The summed E-state index contributed by atoms with van der Waals surface area (Å²) >= 11 is 0. The van der Waals surface area contributed by atoms with E-state index in [1.54, 1.807) is 0 Å². The van der Waals surface area contributed by atoms with Crippen LogP contribution in [0.25, 0.3) is 0 Å². The first-order valence-electron chi connectivity index (χ1n) is 11.9. The maximum absolute atomic E-state index is 6.40. The summed E-state index contributed by atoms with van der Waals surface area (Å²) < 4.78 is 12.8. The summed E-state index contributed by atoms with van der Waals surface area (Å²) in [7, 11) is -5.88. The van der Waals surface area contributed by atoms with Crippen LogP contribution < -0.4 is 22.9 Å². The highest BCUT2D eigenvalue weighted by Crippen LogP contribution is 2.26. The third-order valence-corrected chi connectivity index (χ3v) is 19.2. The van der Waals surface area contributed by atoms with Crippen LogP contribution in [0.4, 0.5) is 0 Å². The molecule has 0 rings (SSSR count). The van der Waals surface area contributed by atoms with E-state index in [9.17, 15) is 0 Å². The monoisotopic (exact) mass is 496 g/mol. The lowest BCUT2D eigenvalue weighted by Crippen LogP contribution is -2.45. The minimum Gasteiger partial charge on any atom is -0.456 e. The largest absolute Gasteiger partial charge is 0.456 e. The number of hydrogen-bond donors (Lipinski definition) is 4. The Morgan fingerprint density at radius 3 is 0.767 bits per heavy atom. The molecule has 0 unspecified atom stereocenters. The molecule has 0 aliphatic carbocycles. The van der Waals surface area contributed by atoms with Gasteiger partial charge in [-0.15, -0.1) is 0 Å². The van der Waals surface area contributed by atoms with Crippen molar-refractivity contribution in [2.75, 3.05) is 26.2 Å². The van der Waals surface area contributed by atoms with E-state index in [1.165, 1.54) is 24.2 Å². The highest BCUT2D eigenvalue weighted by atomic mass is 28.4. The predicted molar refractivity (Wildman–Crippen MR) is 146 cm³/mol. The van der Waals surface area contributed by atoms with Crippen molar-refractivity contribution in [3.8, 4) is 0 Å². The van der Waals surface area contributed by atoms with Crippen LogP contribution in [0.2, 0.25) is 76.6 Å². The third kappa shape index (κ3) is 20.5. The zero-order chi connectivity index (χ0) is 23.9. The maximum atomic E-state index is 6.40. The molecule has 0 aliphatic rings. The summed E-state index contributed by atoms with van der Waals surface area (Å²) in [5, 5.41) is 0. The number of rotatable bonds is 16. The van der Waals surface area contributed by atoms with Crippen LogP contribution in [-0.2, 0) is 8.23 Å². The Morgan fingerprint density at radius 2 is 0.633 bits per heavy atom. The summed E-state index contributed by atoms with van der Waals surface area (Å²) in [5.41, 5.74) is 22.3. The first-order valence-corrected chi connectivity index (χ1v) is 24.3. The van der Waals surface area contributed by atoms with Crippen molar-refractivity contribution in [1.82, 2.24) is 0 Å². The van der Waals surface area contributed by atoms with E-state index in [0.717, 1.165) is 51.9 Å². The minimum atomic E-state index is -1.53. The van der Waals surface area contributed by atoms with Gasteiger partial charge in [0, 0.05) is 0 Å². The van der Waals surface area contributed by atoms with Crippen LogP contribution in [0, 0.1) is 0 Å². The molecule has 0 aromatic heterocycles. The molecule has 6 nitrogen and oxygen atoms in total. The van der Waals surface area contributed by atoms with Crippen LogP contribution >= 0.6 is 0 Å². The second-order valence-corrected chi connectivity index (χ2v) is 28.8. The molecule has 184 valence electrons. The molecule has 10 heteroatoms. The van der Waals surface area contributed by atoms with Crippen LogP contribution in [0.1, 0.15) is 25.7 Å². The molecule has 0 aliphatic heterocycles. The lowest BCUT2D eigenvalue weighted by molar-refractivity contribution is 0.528. The molecule has 30 heavy (non-hydrogen) atoms. The van der Waals surface area contributed by atoms with E-state index in [-0.39, 0.29) is 0 Å². The summed E-state index contributed by atoms with van der Waals surface area (Å²) in [6.45, 7) is 21.4. The van der Waals surface area contributed by atoms with Gasteiger partial charge in [-0.25, -0.2) is 0 Å². The smallest absolute Gasteiger partial charge is 0.176 e. The van der Waals surface area contributed by atoms with Gasteiger partial charge in [-0.3, -0.25) is 0 Å². The minimum absolute atomic E-state index is 0.778. The van der Waals surface area contributed by atoms with Crippen LogP contribution in [0.3, 0.4) is 0 Å². The van der Waals surface area contributed by atoms with Gasteiger partial charge in [0.05, 0.1) is 0 Å². The molecule has 0 amide bonds. The zero-order valence-corrected chi connectivity index (χ0v) is 25.6. The van der Waals surface area contributed by atoms with Crippen molar-refractivity contribution in [3.05, 3.63) is 0 Å². The van der Waals surface area contributed by atoms with Gasteiger partial charge in [-0.2, -0.15) is 0 Å². The Balaban J connectivity index is 0. The fourth-order valence-corrected chi connectivity index (χ4v) is 21.6. The van der Waals surface area contributed by atoms with Crippen molar-refractivity contribution in [2.45, 2.75) is 102 Å². The zero-order valence-electron chi connectivity index (χ0n) is 21.6. The van der Waals surface area contributed by atoms with E-state index >= 15 is 0 Å². The van der Waals surface area contributed by atoms with Crippen molar-refractivity contribution in [3.63, 3.8) is 0 Å². The molecule has 0 bridgehead atoms. The number of nitrogens with two attached hydrogens (primary N) is 4. The Hall–Kier alpha value is 0.628. The average Bonchev–Trinajstić information content (AvgIpc) is 2.59. The summed E-state index contributed by atoms with van der Waals surface area (Å²) in [4.78, 5) is 0. The molecule has 0 saturated carbocycles. The van der Waals surface area contributed by atoms with Gasteiger partial charge in [0.25, 0.3) is 0 Å².